The normalized spacial score (nSPS) is 12.2. The first-order chi connectivity index (χ1) is 23.8. The lowest BCUT2D eigenvalue weighted by atomic mass is 9.85. The lowest BCUT2D eigenvalue weighted by Crippen LogP contribution is -1.92. The molecule has 0 N–H and O–H groups in total. The van der Waals surface area contributed by atoms with Crippen LogP contribution in [0.1, 0.15) is 0 Å². The highest BCUT2D eigenvalue weighted by Gasteiger charge is 2.18. The summed E-state index contributed by atoms with van der Waals surface area (Å²) < 4.78 is 0. The summed E-state index contributed by atoms with van der Waals surface area (Å²) in [6.45, 7) is 0. The van der Waals surface area contributed by atoms with Crippen molar-refractivity contribution in [3.63, 3.8) is 0 Å². The highest BCUT2D eigenvalue weighted by Crippen LogP contribution is 2.45. The fourth-order valence-electron chi connectivity index (χ4n) is 8.60. The second-order valence-corrected chi connectivity index (χ2v) is 13.2. The van der Waals surface area contributed by atoms with E-state index in [0.29, 0.717) is 0 Å². The van der Waals surface area contributed by atoms with Crippen molar-refractivity contribution in [3.05, 3.63) is 170 Å². The van der Waals surface area contributed by atoms with Crippen molar-refractivity contribution in [2.24, 2.45) is 0 Å². The molecule has 0 amide bonds. The second kappa shape index (κ2) is 9.64. The van der Waals surface area contributed by atoms with Gasteiger partial charge in [-0.25, -0.2) is 0 Å². The standard InChI is InChI=1S/C48H28/c1-2-12-37-35(7-1)27-36(28-44(37)41-24-20-34-18-16-30-9-6-11-32-22-26-43(41)48(34)46(30)32)38-13-3-4-14-39(38)40-23-19-33-17-15-29-8-5-10-31-21-25-42(40)47(33)45(29)31/h1-28H. The molecule has 0 unspecified atom stereocenters. The fraction of sp³-hybridized carbons (Fsp3) is 0. The molecule has 0 aliphatic heterocycles. The Labute approximate surface area is 277 Å². The Morgan fingerprint density at radius 1 is 0.208 bits per heavy atom. The van der Waals surface area contributed by atoms with Crippen molar-refractivity contribution >= 4 is 75.4 Å². The highest BCUT2D eigenvalue weighted by atomic mass is 14.2. The third kappa shape index (κ3) is 3.55. The number of benzene rings is 11. The third-order valence-corrected chi connectivity index (χ3v) is 10.7. The van der Waals surface area contributed by atoms with Gasteiger partial charge in [-0.2, -0.15) is 0 Å². The van der Waals surface area contributed by atoms with Crippen LogP contribution in [0.2, 0.25) is 0 Å². The Balaban J connectivity index is 1.19. The molecule has 0 nitrogen and oxygen atoms in total. The van der Waals surface area contributed by atoms with E-state index in [0.717, 1.165) is 0 Å². The lowest BCUT2D eigenvalue weighted by Gasteiger charge is -2.19. The summed E-state index contributed by atoms with van der Waals surface area (Å²) in [5, 5.41) is 18.3. The summed E-state index contributed by atoms with van der Waals surface area (Å²) in [6, 6.07) is 63.5. The molecule has 0 radical (unpaired) electrons. The van der Waals surface area contributed by atoms with Gasteiger partial charge in [0.1, 0.15) is 0 Å². The maximum absolute atomic E-state index is 2.43. The summed E-state index contributed by atoms with van der Waals surface area (Å²) in [5.41, 5.74) is 7.55. The molecule has 0 fully saturated rings. The van der Waals surface area contributed by atoms with Crippen molar-refractivity contribution in [1.82, 2.24) is 0 Å². The Bertz CT molecular complexity index is 3020. The molecule has 0 spiro atoms. The monoisotopic (exact) mass is 604 g/mol. The Kier molecular flexibility index (Phi) is 5.20. The molecule has 220 valence electrons. The minimum absolute atomic E-state index is 1.23. The molecule has 11 aromatic carbocycles. The van der Waals surface area contributed by atoms with Crippen LogP contribution in [-0.4, -0.2) is 0 Å². The van der Waals surface area contributed by atoms with Gasteiger partial charge in [0, 0.05) is 0 Å². The molecule has 0 aliphatic rings. The summed E-state index contributed by atoms with van der Waals surface area (Å²) in [4.78, 5) is 0. The van der Waals surface area contributed by atoms with Crippen LogP contribution in [0.25, 0.3) is 109 Å². The minimum atomic E-state index is 1.23. The molecule has 0 atom stereocenters. The van der Waals surface area contributed by atoms with Gasteiger partial charge in [-0.1, -0.05) is 158 Å². The van der Waals surface area contributed by atoms with Crippen molar-refractivity contribution in [2.75, 3.05) is 0 Å². The van der Waals surface area contributed by atoms with Gasteiger partial charge in [0.15, 0.2) is 0 Å². The largest absolute Gasteiger partial charge is 0.0616 e. The molecule has 0 heteroatoms. The first-order valence-electron chi connectivity index (χ1n) is 16.8. The molecule has 0 saturated heterocycles. The molecular weight excluding hydrogens is 577 g/mol. The second-order valence-electron chi connectivity index (χ2n) is 13.2. The van der Waals surface area contributed by atoms with E-state index >= 15 is 0 Å². The Morgan fingerprint density at radius 3 is 1.25 bits per heavy atom. The lowest BCUT2D eigenvalue weighted by molar-refractivity contribution is 1.61. The molecular formula is C48H28. The maximum Gasteiger partial charge on any atom is -0.00206 e. The van der Waals surface area contributed by atoms with Crippen molar-refractivity contribution in [3.8, 4) is 33.4 Å². The zero-order valence-electron chi connectivity index (χ0n) is 26.2. The predicted molar refractivity (Wildman–Crippen MR) is 208 cm³/mol. The van der Waals surface area contributed by atoms with E-state index in [2.05, 4.69) is 170 Å². The van der Waals surface area contributed by atoms with Gasteiger partial charge in [0.05, 0.1) is 0 Å². The summed E-state index contributed by atoms with van der Waals surface area (Å²) in [7, 11) is 0. The van der Waals surface area contributed by atoms with E-state index < -0.39 is 0 Å². The molecule has 0 heterocycles. The average Bonchev–Trinajstić information content (AvgIpc) is 3.15. The van der Waals surface area contributed by atoms with E-state index in [1.807, 2.05) is 0 Å². The van der Waals surface area contributed by atoms with Crippen LogP contribution in [0.3, 0.4) is 0 Å². The van der Waals surface area contributed by atoms with Crippen molar-refractivity contribution in [2.45, 2.75) is 0 Å². The first-order valence-corrected chi connectivity index (χ1v) is 16.8. The van der Waals surface area contributed by atoms with Gasteiger partial charge < -0.3 is 0 Å². The van der Waals surface area contributed by atoms with E-state index in [-0.39, 0.29) is 0 Å². The zero-order valence-corrected chi connectivity index (χ0v) is 26.2. The molecule has 0 aliphatic carbocycles. The number of hydrogen-bond acceptors (Lipinski definition) is 0. The molecule has 0 aromatic heterocycles. The Hall–Kier alpha value is -6.24. The highest BCUT2D eigenvalue weighted by molar-refractivity contribution is 6.27. The molecule has 0 bridgehead atoms. The zero-order chi connectivity index (χ0) is 31.3. The van der Waals surface area contributed by atoms with E-state index in [1.165, 1.54) is 109 Å². The topological polar surface area (TPSA) is 0 Å². The summed E-state index contributed by atoms with van der Waals surface area (Å²) in [5.74, 6) is 0. The van der Waals surface area contributed by atoms with Crippen molar-refractivity contribution < 1.29 is 0 Å². The SMILES string of the molecule is c1ccc(-c2ccc3ccc4cccc5ccc2c3c45)c(-c2cc(-c3ccc4ccc5cccc6ccc3c4c56)c3ccccc3c2)c1. The number of hydrogen-bond donors (Lipinski definition) is 0. The van der Waals surface area contributed by atoms with Crippen LogP contribution in [0.15, 0.2) is 170 Å². The van der Waals surface area contributed by atoms with E-state index in [9.17, 15) is 0 Å². The van der Waals surface area contributed by atoms with E-state index in [4.69, 9.17) is 0 Å². The van der Waals surface area contributed by atoms with Crippen LogP contribution >= 0.6 is 0 Å². The number of rotatable bonds is 3. The minimum Gasteiger partial charge on any atom is -0.0616 e. The van der Waals surface area contributed by atoms with Crippen LogP contribution in [0.5, 0.6) is 0 Å². The fourth-order valence-corrected chi connectivity index (χ4v) is 8.60. The van der Waals surface area contributed by atoms with Gasteiger partial charge in [-0.15, -0.1) is 0 Å². The molecule has 11 rings (SSSR count). The first kappa shape index (κ1) is 25.9. The quantitative estimate of drug-likeness (QED) is 0.176. The molecule has 48 heavy (non-hydrogen) atoms. The average molecular weight is 605 g/mol. The van der Waals surface area contributed by atoms with Gasteiger partial charge >= 0.3 is 0 Å². The Morgan fingerprint density at radius 2 is 0.646 bits per heavy atom. The number of fused-ring (bicyclic) bond motifs is 1. The molecule has 11 aromatic rings. The third-order valence-electron chi connectivity index (χ3n) is 10.7. The summed E-state index contributed by atoms with van der Waals surface area (Å²) in [6.07, 6.45) is 0. The van der Waals surface area contributed by atoms with E-state index in [1.54, 1.807) is 0 Å². The van der Waals surface area contributed by atoms with Crippen LogP contribution < -0.4 is 0 Å². The van der Waals surface area contributed by atoms with Crippen LogP contribution in [0, 0.1) is 0 Å². The molecule has 0 saturated carbocycles. The van der Waals surface area contributed by atoms with Crippen LogP contribution in [0.4, 0.5) is 0 Å². The van der Waals surface area contributed by atoms with Crippen molar-refractivity contribution in [1.29, 1.82) is 0 Å². The van der Waals surface area contributed by atoms with Gasteiger partial charge in [0.2, 0.25) is 0 Å². The predicted octanol–water partition coefficient (Wildman–Crippen LogP) is 13.6. The van der Waals surface area contributed by atoms with Gasteiger partial charge in [0.25, 0.3) is 0 Å². The van der Waals surface area contributed by atoms with Crippen LogP contribution in [-0.2, 0) is 0 Å². The maximum atomic E-state index is 2.43. The summed E-state index contributed by atoms with van der Waals surface area (Å²) >= 11 is 0. The smallest absolute Gasteiger partial charge is 0.00206 e. The van der Waals surface area contributed by atoms with Gasteiger partial charge in [-0.3, -0.25) is 0 Å². The van der Waals surface area contributed by atoms with Gasteiger partial charge in [-0.05, 0) is 121 Å².